The van der Waals surface area contributed by atoms with E-state index >= 15 is 0 Å². The van der Waals surface area contributed by atoms with Crippen LogP contribution < -0.4 is 0 Å². The Morgan fingerprint density at radius 3 is 2.58 bits per heavy atom. The maximum Gasteiger partial charge on any atom is 0.416 e. The van der Waals surface area contributed by atoms with Gasteiger partial charge in [0, 0.05) is 12.4 Å². The fourth-order valence-corrected chi connectivity index (χ4v) is 0.698. The van der Waals surface area contributed by atoms with Crippen LogP contribution in [0, 0.1) is 0 Å². The number of hydrogen-bond acceptors (Lipinski definition) is 2. The molecule has 0 spiro atoms. The van der Waals surface area contributed by atoms with Crippen molar-refractivity contribution < 1.29 is 18.3 Å². The SMILES string of the molecule is O[C@@H](Cn1ccnc1)C(F)(F)F. The Balaban J connectivity index is 2.53. The van der Waals surface area contributed by atoms with Crippen molar-refractivity contribution in [2.75, 3.05) is 0 Å². The van der Waals surface area contributed by atoms with E-state index in [0.29, 0.717) is 0 Å². The lowest BCUT2D eigenvalue weighted by molar-refractivity contribution is -0.207. The highest BCUT2D eigenvalue weighted by molar-refractivity contribution is 4.77. The molecule has 6 heteroatoms. The first-order valence-electron chi connectivity index (χ1n) is 3.20. The van der Waals surface area contributed by atoms with E-state index < -0.39 is 18.8 Å². The van der Waals surface area contributed by atoms with Crippen LogP contribution >= 0.6 is 0 Å². The fourth-order valence-electron chi connectivity index (χ4n) is 0.698. The van der Waals surface area contributed by atoms with Gasteiger partial charge in [-0.3, -0.25) is 0 Å². The minimum absolute atomic E-state index is 0.510. The number of aromatic nitrogens is 2. The van der Waals surface area contributed by atoms with E-state index in [0.717, 1.165) is 4.57 Å². The molecule has 1 rings (SSSR count). The highest BCUT2D eigenvalue weighted by Gasteiger charge is 2.38. The molecule has 1 atom stereocenters. The lowest BCUT2D eigenvalue weighted by Crippen LogP contribution is -2.32. The van der Waals surface area contributed by atoms with Crippen molar-refractivity contribution >= 4 is 0 Å². The van der Waals surface area contributed by atoms with Gasteiger partial charge in [0.15, 0.2) is 6.10 Å². The van der Waals surface area contributed by atoms with Crippen LogP contribution in [0.4, 0.5) is 13.2 Å². The van der Waals surface area contributed by atoms with E-state index in [1.165, 1.54) is 18.7 Å². The Labute approximate surface area is 66.5 Å². The molecule has 0 unspecified atom stereocenters. The van der Waals surface area contributed by atoms with E-state index in [4.69, 9.17) is 5.11 Å². The maximum absolute atomic E-state index is 11.8. The van der Waals surface area contributed by atoms with E-state index in [9.17, 15) is 13.2 Å². The predicted octanol–water partition coefficient (Wildman–Crippen LogP) is 0.806. The van der Waals surface area contributed by atoms with Gasteiger partial charge in [-0.1, -0.05) is 0 Å². The largest absolute Gasteiger partial charge is 0.416 e. The third-order valence-corrected chi connectivity index (χ3v) is 1.32. The summed E-state index contributed by atoms with van der Waals surface area (Å²) in [6, 6.07) is 0. The van der Waals surface area contributed by atoms with Crippen molar-refractivity contribution in [1.82, 2.24) is 9.55 Å². The van der Waals surface area contributed by atoms with Crippen LogP contribution in [0.5, 0.6) is 0 Å². The summed E-state index contributed by atoms with van der Waals surface area (Å²) in [7, 11) is 0. The summed E-state index contributed by atoms with van der Waals surface area (Å²) in [4.78, 5) is 3.54. The topological polar surface area (TPSA) is 38.0 Å². The minimum Gasteiger partial charge on any atom is -0.382 e. The fraction of sp³-hybridized carbons (Fsp3) is 0.500. The van der Waals surface area contributed by atoms with Crippen molar-refractivity contribution in [2.24, 2.45) is 0 Å². The molecule has 1 aromatic rings. The third-order valence-electron chi connectivity index (χ3n) is 1.32. The first-order valence-corrected chi connectivity index (χ1v) is 3.20. The zero-order valence-corrected chi connectivity index (χ0v) is 5.99. The molecule has 0 radical (unpaired) electrons. The van der Waals surface area contributed by atoms with Gasteiger partial charge >= 0.3 is 6.18 Å². The van der Waals surface area contributed by atoms with Gasteiger partial charge in [0.05, 0.1) is 12.9 Å². The van der Waals surface area contributed by atoms with Gasteiger partial charge in [0.1, 0.15) is 0 Å². The monoisotopic (exact) mass is 180 g/mol. The molecular weight excluding hydrogens is 173 g/mol. The van der Waals surface area contributed by atoms with E-state index in [1.807, 2.05) is 0 Å². The van der Waals surface area contributed by atoms with Crippen molar-refractivity contribution in [3.05, 3.63) is 18.7 Å². The molecule has 0 saturated carbocycles. The second-order valence-corrected chi connectivity index (χ2v) is 2.32. The van der Waals surface area contributed by atoms with Gasteiger partial charge in [-0.05, 0) is 0 Å². The van der Waals surface area contributed by atoms with E-state index in [1.54, 1.807) is 0 Å². The number of alkyl halides is 3. The molecule has 1 aromatic heterocycles. The van der Waals surface area contributed by atoms with Crippen LogP contribution in [0.2, 0.25) is 0 Å². The first-order chi connectivity index (χ1) is 5.50. The van der Waals surface area contributed by atoms with Crippen molar-refractivity contribution in [2.45, 2.75) is 18.8 Å². The third kappa shape index (κ3) is 2.23. The Kier molecular flexibility index (Phi) is 2.37. The lowest BCUT2D eigenvalue weighted by atomic mass is 10.3. The number of nitrogens with zero attached hydrogens (tertiary/aromatic N) is 2. The second kappa shape index (κ2) is 3.14. The molecular formula is C6H7F3N2O. The zero-order valence-electron chi connectivity index (χ0n) is 5.99. The number of aliphatic hydroxyl groups excluding tert-OH is 1. The summed E-state index contributed by atoms with van der Waals surface area (Å²) in [6.07, 6.45) is -2.97. The van der Waals surface area contributed by atoms with Gasteiger partial charge in [-0.15, -0.1) is 0 Å². The van der Waals surface area contributed by atoms with Crippen molar-refractivity contribution in [3.63, 3.8) is 0 Å². The van der Waals surface area contributed by atoms with Gasteiger partial charge in [0.2, 0.25) is 0 Å². The number of imidazole rings is 1. The number of halogens is 3. The van der Waals surface area contributed by atoms with Crippen LogP contribution in [0.25, 0.3) is 0 Å². The molecule has 3 nitrogen and oxygen atoms in total. The van der Waals surface area contributed by atoms with E-state index in [2.05, 4.69) is 4.98 Å². The predicted molar refractivity (Wildman–Crippen MR) is 34.3 cm³/mol. The molecule has 0 aliphatic carbocycles. The van der Waals surface area contributed by atoms with Crippen LogP contribution in [0.15, 0.2) is 18.7 Å². The summed E-state index contributed by atoms with van der Waals surface area (Å²) in [5.41, 5.74) is 0. The average molecular weight is 180 g/mol. The Morgan fingerprint density at radius 1 is 1.50 bits per heavy atom. The molecule has 0 saturated heterocycles. The molecule has 1 N–H and O–H groups in total. The summed E-state index contributed by atoms with van der Waals surface area (Å²) < 4.78 is 36.4. The molecule has 0 amide bonds. The molecule has 0 aromatic carbocycles. The van der Waals surface area contributed by atoms with Gasteiger partial charge in [-0.2, -0.15) is 13.2 Å². The highest BCUT2D eigenvalue weighted by atomic mass is 19.4. The van der Waals surface area contributed by atoms with E-state index in [-0.39, 0.29) is 0 Å². The maximum atomic E-state index is 11.8. The molecule has 0 aliphatic heterocycles. The summed E-state index contributed by atoms with van der Waals surface area (Å²) >= 11 is 0. The van der Waals surface area contributed by atoms with Crippen LogP contribution in [0.3, 0.4) is 0 Å². The summed E-state index contributed by atoms with van der Waals surface area (Å²) in [6.45, 7) is -0.510. The zero-order chi connectivity index (χ0) is 9.19. The van der Waals surface area contributed by atoms with Crippen molar-refractivity contribution in [3.8, 4) is 0 Å². The summed E-state index contributed by atoms with van der Waals surface area (Å²) in [5.74, 6) is 0. The summed E-state index contributed by atoms with van der Waals surface area (Å²) in [5, 5.41) is 8.58. The smallest absolute Gasteiger partial charge is 0.382 e. The van der Waals surface area contributed by atoms with Crippen molar-refractivity contribution in [1.29, 1.82) is 0 Å². The second-order valence-electron chi connectivity index (χ2n) is 2.32. The minimum atomic E-state index is -4.57. The highest BCUT2D eigenvalue weighted by Crippen LogP contribution is 2.20. The van der Waals surface area contributed by atoms with Crippen LogP contribution in [-0.4, -0.2) is 26.9 Å². The number of hydrogen-bond donors (Lipinski definition) is 1. The van der Waals surface area contributed by atoms with Gasteiger partial charge in [0.25, 0.3) is 0 Å². The Hall–Kier alpha value is -1.04. The standard InChI is InChI=1S/C6H7F3N2O/c7-6(8,9)5(12)3-11-2-1-10-4-11/h1-2,4-5,12H,3H2/t5-/m0/s1. The molecule has 1 heterocycles. The average Bonchev–Trinajstić information content (AvgIpc) is 2.37. The molecule has 0 bridgehead atoms. The molecule has 0 fully saturated rings. The van der Waals surface area contributed by atoms with Crippen LogP contribution in [0.1, 0.15) is 0 Å². The molecule has 0 aliphatic rings. The first kappa shape index (κ1) is 9.05. The molecule has 12 heavy (non-hydrogen) atoms. The van der Waals surface area contributed by atoms with Gasteiger partial charge in [-0.25, -0.2) is 4.98 Å². The molecule has 68 valence electrons. The van der Waals surface area contributed by atoms with Gasteiger partial charge < -0.3 is 9.67 Å². The normalized spacial score (nSPS) is 14.7. The number of rotatable bonds is 2. The lowest BCUT2D eigenvalue weighted by Gasteiger charge is -2.14. The quantitative estimate of drug-likeness (QED) is 0.731. The Bertz CT molecular complexity index is 231. The van der Waals surface area contributed by atoms with Crippen LogP contribution in [-0.2, 0) is 6.54 Å². The Morgan fingerprint density at radius 2 is 2.17 bits per heavy atom. The number of aliphatic hydroxyl groups is 1.